The quantitative estimate of drug-likeness (QED) is 0.0373. The minimum Gasteiger partial charge on any atom is -0.491 e. The van der Waals surface area contributed by atoms with E-state index >= 15 is 0 Å². The number of hydrogen-bond acceptors (Lipinski definition) is 14. The summed E-state index contributed by atoms with van der Waals surface area (Å²) in [5, 5.41) is 26.1. The highest BCUT2D eigenvalue weighted by Crippen LogP contribution is 2.52. The van der Waals surface area contributed by atoms with E-state index in [0.29, 0.717) is 46.5 Å². The predicted molar refractivity (Wildman–Crippen MR) is 218 cm³/mol. The van der Waals surface area contributed by atoms with Gasteiger partial charge in [-0.05, 0) is 81.1 Å². The molecule has 0 aliphatic carbocycles. The molecule has 3 aromatic heterocycles. The Morgan fingerprint density at radius 1 is 0.983 bits per heavy atom. The normalized spacial score (nSPS) is 13.4. The number of ether oxygens (including phenoxy) is 2. The van der Waals surface area contributed by atoms with Crippen LogP contribution in [0.5, 0.6) is 5.75 Å². The number of nitrogens with one attached hydrogen (secondary N) is 3. The van der Waals surface area contributed by atoms with E-state index in [1.54, 1.807) is 25.1 Å². The molecule has 12 nitrogen and oxygen atoms in total. The molecule has 1 aliphatic heterocycles. The van der Waals surface area contributed by atoms with E-state index < -0.39 is 23.6 Å². The second-order valence-corrected chi connectivity index (χ2v) is 15.5. The molecule has 1 unspecified atom stereocenters. The molecule has 3 N–H and O–H groups in total. The largest absolute Gasteiger partial charge is 0.491 e. The van der Waals surface area contributed by atoms with E-state index in [-0.39, 0.29) is 42.8 Å². The Balaban J connectivity index is 0.877. The lowest BCUT2D eigenvalue weighted by Gasteiger charge is -2.17. The Morgan fingerprint density at radius 3 is 2.49 bits per heavy atom. The Labute approximate surface area is 344 Å². The maximum Gasteiger partial charge on any atom is 0.442 e. The van der Waals surface area contributed by atoms with Crippen LogP contribution in [0, 0.1) is 24.6 Å². The van der Waals surface area contributed by atoms with Crippen LogP contribution in [-0.2, 0) is 23.4 Å². The maximum atomic E-state index is 14.9. The molecule has 4 heterocycles. The maximum absolute atomic E-state index is 14.9. The lowest BCUT2D eigenvalue weighted by Crippen LogP contribution is -2.30. The van der Waals surface area contributed by atoms with Crippen molar-refractivity contribution in [3.63, 3.8) is 0 Å². The zero-order chi connectivity index (χ0) is 41.6. The Bertz CT molecular complexity index is 2510. The number of aromatic nitrogens is 4. The zero-order valence-electron chi connectivity index (χ0n) is 32.0. The van der Waals surface area contributed by atoms with E-state index in [4.69, 9.17) is 9.47 Å². The average molecular weight is 844 g/mol. The molecular formula is C41H37F4N9O3S2. The van der Waals surface area contributed by atoms with Gasteiger partial charge in [0, 0.05) is 22.0 Å². The summed E-state index contributed by atoms with van der Waals surface area (Å²) in [6, 6.07) is 20.0. The first-order valence-electron chi connectivity index (χ1n) is 18.5. The molecule has 6 aromatic rings. The Hall–Kier alpha value is -6.03. The van der Waals surface area contributed by atoms with Gasteiger partial charge in [0.15, 0.2) is 33.3 Å². The van der Waals surface area contributed by atoms with Gasteiger partial charge in [-0.3, -0.25) is 5.32 Å². The van der Waals surface area contributed by atoms with E-state index in [1.807, 2.05) is 44.2 Å². The fourth-order valence-corrected chi connectivity index (χ4v) is 7.78. The summed E-state index contributed by atoms with van der Waals surface area (Å²) >= 11 is 2.86. The molecule has 7 rings (SSSR count). The molecule has 3 aromatic carbocycles. The van der Waals surface area contributed by atoms with E-state index in [0.717, 1.165) is 26.5 Å². The lowest BCUT2D eigenvalue weighted by molar-refractivity contribution is -0.166. The lowest BCUT2D eigenvalue weighted by atomic mass is 9.99. The van der Waals surface area contributed by atoms with Gasteiger partial charge in [-0.15, -0.1) is 26.7 Å². The molecule has 0 amide bonds. The molecule has 0 bridgehead atoms. The van der Waals surface area contributed by atoms with Crippen LogP contribution in [0.25, 0.3) is 10.2 Å². The highest BCUT2D eigenvalue weighted by Gasteiger charge is 2.65. The number of carbonyl (C=O) groups is 1. The van der Waals surface area contributed by atoms with Crippen molar-refractivity contribution in [1.29, 1.82) is 0 Å². The topological polar surface area (TPSA) is 148 Å². The third-order valence-corrected chi connectivity index (χ3v) is 11.1. The number of fused-ring (bicyclic) bond motifs is 1. The second kappa shape index (κ2) is 17.9. The number of benzene rings is 3. The predicted octanol–water partition coefficient (Wildman–Crippen LogP) is 9.42. The Morgan fingerprint density at radius 2 is 1.78 bits per heavy atom. The number of halogens is 4. The van der Waals surface area contributed by atoms with Crippen LogP contribution in [0.15, 0.2) is 83.0 Å². The van der Waals surface area contributed by atoms with E-state index in [1.165, 1.54) is 46.9 Å². The second-order valence-electron chi connectivity index (χ2n) is 13.3. The van der Waals surface area contributed by atoms with Gasteiger partial charge in [-0.1, -0.05) is 59.6 Å². The van der Waals surface area contributed by atoms with Crippen LogP contribution in [0.3, 0.4) is 0 Å². The van der Waals surface area contributed by atoms with Gasteiger partial charge in [0.05, 0.1) is 42.2 Å². The zero-order valence-corrected chi connectivity index (χ0v) is 33.6. The summed E-state index contributed by atoms with van der Waals surface area (Å²) in [5.41, 5.74) is 1.43. The van der Waals surface area contributed by atoms with Crippen LogP contribution in [0.1, 0.15) is 69.6 Å². The van der Waals surface area contributed by atoms with Crippen LogP contribution in [0.4, 0.5) is 33.6 Å². The fourth-order valence-electron chi connectivity index (χ4n) is 5.92. The number of hydrogen-bond donors (Lipinski definition) is 3. The van der Waals surface area contributed by atoms with Crippen molar-refractivity contribution >= 4 is 54.9 Å². The van der Waals surface area contributed by atoms with Gasteiger partial charge in [0.25, 0.3) is 0 Å². The molecule has 0 saturated carbocycles. The molecule has 0 radical (unpaired) electrons. The summed E-state index contributed by atoms with van der Waals surface area (Å²) in [5.74, 6) is 5.42. The molecule has 0 saturated heterocycles. The molecule has 0 spiro atoms. The van der Waals surface area contributed by atoms with Gasteiger partial charge in [-0.25, -0.2) is 19.2 Å². The van der Waals surface area contributed by atoms with Gasteiger partial charge in [-0.2, -0.15) is 18.3 Å². The SMILES string of the molecule is CCOC(=O)c1nc(NCc2cc(C)c(Nc3nc4ccccc4s3)nn2)sc1CCCOc1ccc(C#CCNC(C)c2ccc(C3(C(F)(F)F)N=N3)cc2)cc1F. The smallest absolute Gasteiger partial charge is 0.442 e. The standard InChI is InChI=1S/C41H37F4N9O3S2/c1-4-56-37(55)35-34(59-38(49-35)47-23-29-21-24(2)36(52-51-29)50-39-48-31-10-5-6-11-33(31)58-39)12-8-20-57-32-18-13-26(22-30(32)42)9-7-19-46-25(3)27-14-16-28(17-15-27)40(53-54-40)41(43,44)45/h5-6,10-11,13-18,21-22,25,46H,4,8,12,19-20,23H2,1-3H3,(H,47,49)(H,48,50,52). The number of thiazole rings is 2. The van der Waals surface area contributed by atoms with Crippen molar-refractivity contribution in [1.82, 2.24) is 25.5 Å². The van der Waals surface area contributed by atoms with Crippen LogP contribution in [0.2, 0.25) is 0 Å². The van der Waals surface area contributed by atoms with Crippen molar-refractivity contribution in [2.75, 3.05) is 30.4 Å². The molecule has 0 fully saturated rings. The average Bonchev–Trinajstić information content (AvgIpc) is 3.80. The Kier molecular flexibility index (Phi) is 12.4. The number of nitrogens with zero attached hydrogens (tertiary/aromatic N) is 6. The van der Waals surface area contributed by atoms with Crippen molar-refractivity contribution < 1.29 is 31.8 Å². The highest BCUT2D eigenvalue weighted by molar-refractivity contribution is 7.22. The van der Waals surface area contributed by atoms with Gasteiger partial charge < -0.3 is 20.1 Å². The third-order valence-electron chi connectivity index (χ3n) is 9.12. The monoisotopic (exact) mass is 843 g/mol. The van der Waals surface area contributed by atoms with Crippen molar-refractivity contribution in [2.45, 2.75) is 58.0 Å². The summed E-state index contributed by atoms with van der Waals surface area (Å²) in [6.07, 6.45) is -3.66. The number of aryl methyl sites for hydroxylation is 2. The number of alkyl halides is 3. The number of anilines is 3. The summed E-state index contributed by atoms with van der Waals surface area (Å²) in [7, 11) is 0. The van der Waals surface area contributed by atoms with Gasteiger partial charge in [0.1, 0.15) is 0 Å². The van der Waals surface area contributed by atoms with E-state index in [9.17, 15) is 22.4 Å². The van der Waals surface area contributed by atoms with Crippen molar-refractivity contribution in [3.05, 3.63) is 117 Å². The van der Waals surface area contributed by atoms with Crippen LogP contribution < -0.4 is 20.7 Å². The third kappa shape index (κ3) is 9.82. The van der Waals surface area contributed by atoms with Crippen LogP contribution >= 0.6 is 22.7 Å². The van der Waals surface area contributed by atoms with Crippen LogP contribution in [-0.4, -0.2) is 52.1 Å². The molecule has 304 valence electrons. The number of rotatable bonds is 16. The molecule has 18 heteroatoms. The first-order chi connectivity index (χ1) is 28.4. The number of para-hydroxylation sites is 1. The molecular weight excluding hydrogens is 807 g/mol. The summed E-state index contributed by atoms with van der Waals surface area (Å²) < 4.78 is 66.8. The van der Waals surface area contributed by atoms with Gasteiger partial charge in [0.2, 0.25) is 0 Å². The minimum absolute atomic E-state index is 0.0307. The number of esters is 1. The first-order valence-corrected chi connectivity index (χ1v) is 20.2. The minimum atomic E-state index is -4.58. The first kappa shape index (κ1) is 41.1. The van der Waals surface area contributed by atoms with E-state index in [2.05, 4.69) is 58.2 Å². The molecule has 1 atom stereocenters. The fraction of sp³-hybridized carbons (Fsp3) is 0.293. The molecule has 59 heavy (non-hydrogen) atoms. The van der Waals surface area contributed by atoms with Gasteiger partial charge >= 0.3 is 17.8 Å². The highest BCUT2D eigenvalue weighted by atomic mass is 32.1. The van der Waals surface area contributed by atoms with Crippen molar-refractivity contribution in [2.24, 2.45) is 10.2 Å². The molecule has 1 aliphatic rings. The number of carbonyl (C=O) groups excluding carboxylic acids is 1. The van der Waals surface area contributed by atoms with Crippen molar-refractivity contribution in [3.8, 4) is 17.6 Å². The summed E-state index contributed by atoms with van der Waals surface area (Å²) in [6.45, 7) is 6.48. The summed E-state index contributed by atoms with van der Waals surface area (Å²) in [4.78, 5) is 22.6.